The number of amides is 3. The van der Waals surface area contributed by atoms with Gasteiger partial charge in [0.25, 0.3) is 17.5 Å². The number of aryl methyl sites for hydroxylation is 2. The van der Waals surface area contributed by atoms with E-state index in [0.717, 1.165) is 32.2 Å². The summed E-state index contributed by atoms with van der Waals surface area (Å²) in [6, 6.07) is 38.7. The van der Waals surface area contributed by atoms with E-state index in [9.17, 15) is 24.5 Å². The molecule has 1 aromatic heterocycles. The van der Waals surface area contributed by atoms with Gasteiger partial charge >= 0.3 is 0 Å². The largest absolute Gasteiger partial charge is 0.321 e. The molecule has 0 fully saturated rings. The van der Waals surface area contributed by atoms with Gasteiger partial charge in [-0.05, 0) is 68.0 Å². The van der Waals surface area contributed by atoms with Gasteiger partial charge in [0, 0.05) is 32.7 Å². The third-order valence-corrected chi connectivity index (χ3v) is 10.2. The van der Waals surface area contributed by atoms with E-state index in [4.69, 9.17) is 4.98 Å². The Morgan fingerprint density at radius 1 is 0.792 bits per heavy atom. The van der Waals surface area contributed by atoms with E-state index in [-0.39, 0.29) is 22.9 Å². The first-order valence-electron chi connectivity index (χ1n) is 16.4. The zero-order chi connectivity index (χ0) is 37.3. The number of thiazole rings is 1. The predicted octanol–water partition coefficient (Wildman–Crippen LogP) is 9.22. The second kappa shape index (κ2) is 16.8. The van der Waals surface area contributed by atoms with Crippen molar-refractivity contribution in [2.24, 2.45) is 0 Å². The maximum atomic E-state index is 13.8. The Kier molecular flexibility index (Phi) is 11.5. The summed E-state index contributed by atoms with van der Waals surface area (Å²) >= 11 is 2.76. The number of nitrogens with zero attached hydrogens (tertiary/aromatic N) is 2. The lowest BCUT2D eigenvalue weighted by Crippen LogP contribution is -2.30. The molecule has 264 valence electrons. The molecule has 3 amide bonds. The van der Waals surface area contributed by atoms with Gasteiger partial charge in [0.15, 0.2) is 5.13 Å². The van der Waals surface area contributed by atoms with Crippen molar-refractivity contribution in [3.63, 3.8) is 0 Å². The first-order valence-corrected chi connectivity index (χ1v) is 18.1. The topological polar surface area (TPSA) is 143 Å². The Balaban J connectivity index is 1.20. The van der Waals surface area contributed by atoms with Crippen LogP contribution >= 0.6 is 23.1 Å². The molecule has 0 saturated heterocycles. The third-order valence-electron chi connectivity index (χ3n) is 8.02. The van der Waals surface area contributed by atoms with Crippen LogP contribution in [-0.4, -0.2) is 27.6 Å². The van der Waals surface area contributed by atoms with Crippen LogP contribution in [0.4, 0.5) is 16.5 Å². The number of aromatic nitrogens is 1. The minimum absolute atomic E-state index is 0.146. The third kappa shape index (κ3) is 9.30. The molecule has 6 rings (SSSR count). The van der Waals surface area contributed by atoms with Crippen molar-refractivity contribution in [2.75, 3.05) is 10.6 Å². The molecule has 5 aromatic carbocycles. The molecule has 0 radical (unpaired) electrons. The summed E-state index contributed by atoms with van der Waals surface area (Å²) < 4.78 is 0. The number of hydrogen-bond donors (Lipinski definition) is 3. The van der Waals surface area contributed by atoms with Crippen molar-refractivity contribution in [3.8, 4) is 11.3 Å². The molecule has 0 spiro atoms. The highest BCUT2D eigenvalue weighted by molar-refractivity contribution is 8.00. The Morgan fingerprint density at radius 2 is 1.43 bits per heavy atom. The Hall–Kier alpha value is -6.37. The summed E-state index contributed by atoms with van der Waals surface area (Å²) in [6.07, 6.45) is 1.27. The second-order valence-corrected chi connectivity index (χ2v) is 14.2. The summed E-state index contributed by atoms with van der Waals surface area (Å²) in [7, 11) is 0. The summed E-state index contributed by atoms with van der Waals surface area (Å²) in [5.74, 6) is -1.47. The molecule has 0 saturated carbocycles. The number of benzene rings is 5. The van der Waals surface area contributed by atoms with E-state index in [2.05, 4.69) is 16.0 Å². The number of carbonyl (C=O) groups excluding carboxylic acids is 3. The molecular formula is C41H33N5O5S2. The van der Waals surface area contributed by atoms with E-state index >= 15 is 0 Å². The van der Waals surface area contributed by atoms with Gasteiger partial charge < -0.3 is 16.0 Å². The molecule has 0 aliphatic rings. The fourth-order valence-corrected chi connectivity index (χ4v) is 7.19. The molecule has 0 bridgehead atoms. The van der Waals surface area contributed by atoms with Gasteiger partial charge in [-0.2, -0.15) is 0 Å². The molecule has 0 aliphatic carbocycles. The summed E-state index contributed by atoms with van der Waals surface area (Å²) in [5.41, 5.74) is 4.22. The predicted molar refractivity (Wildman–Crippen MR) is 211 cm³/mol. The zero-order valence-corrected chi connectivity index (χ0v) is 30.2. The van der Waals surface area contributed by atoms with Crippen LogP contribution in [0.1, 0.15) is 37.2 Å². The number of nitrogens with one attached hydrogen (secondary N) is 3. The lowest BCUT2D eigenvalue weighted by molar-refractivity contribution is -0.385. The Bertz CT molecular complexity index is 2290. The average Bonchev–Trinajstić information content (AvgIpc) is 3.54. The SMILES string of the molecule is Cc1ccc(-c2nc(NC(=O)C(Sc3ccc(NC(=O)/C(=C/c4ccccc4[N+](=O)[O-])NC(=O)c4ccccc4)cc3)c3ccccc3)sc2C)cc1. The molecule has 1 unspecified atom stereocenters. The molecular weight excluding hydrogens is 707 g/mol. The Labute approximate surface area is 314 Å². The fourth-order valence-electron chi connectivity index (χ4n) is 5.33. The minimum Gasteiger partial charge on any atom is -0.321 e. The van der Waals surface area contributed by atoms with E-state index in [1.165, 1.54) is 47.4 Å². The number of para-hydroxylation sites is 1. The first-order chi connectivity index (χ1) is 25.6. The van der Waals surface area contributed by atoms with Crippen molar-refractivity contribution in [1.82, 2.24) is 10.3 Å². The summed E-state index contributed by atoms with van der Waals surface area (Å²) in [6.45, 7) is 4.01. The molecule has 53 heavy (non-hydrogen) atoms. The van der Waals surface area contributed by atoms with Gasteiger partial charge in [-0.1, -0.05) is 90.5 Å². The lowest BCUT2D eigenvalue weighted by Gasteiger charge is -2.17. The van der Waals surface area contributed by atoms with E-state index in [0.29, 0.717) is 16.4 Å². The second-order valence-electron chi connectivity index (χ2n) is 11.9. The number of hydrogen-bond acceptors (Lipinski definition) is 8. The quantitative estimate of drug-likeness (QED) is 0.0491. The van der Waals surface area contributed by atoms with E-state index in [1.54, 1.807) is 60.7 Å². The van der Waals surface area contributed by atoms with Crippen molar-refractivity contribution in [2.45, 2.75) is 24.0 Å². The highest BCUT2D eigenvalue weighted by atomic mass is 32.2. The van der Waals surface area contributed by atoms with E-state index < -0.39 is 22.0 Å². The van der Waals surface area contributed by atoms with Crippen LogP contribution in [0, 0.1) is 24.0 Å². The highest BCUT2D eigenvalue weighted by Gasteiger charge is 2.24. The highest BCUT2D eigenvalue weighted by Crippen LogP contribution is 2.38. The van der Waals surface area contributed by atoms with Gasteiger partial charge in [-0.3, -0.25) is 24.5 Å². The molecule has 12 heteroatoms. The number of thioether (sulfide) groups is 1. The van der Waals surface area contributed by atoms with Crippen molar-refractivity contribution in [3.05, 3.63) is 176 Å². The van der Waals surface area contributed by atoms with Crippen LogP contribution in [-0.2, 0) is 9.59 Å². The lowest BCUT2D eigenvalue weighted by atomic mass is 10.1. The molecule has 1 heterocycles. The molecule has 1 atom stereocenters. The summed E-state index contributed by atoms with van der Waals surface area (Å²) in [4.78, 5) is 58.0. The van der Waals surface area contributed by atoms with Gasteiger partial charge in [-0.25, -0.2) is 4.98 Å². The molecule has 0 aliphatic heterocycles. The smallest absolute Gasteiger partial charge is 0.276 e. The van der Waals surface area contributed by atoms with Gasteiger partial charge in [0.05, 0.1) is 16.2 Å². The Morgan fingerprint density at radius 3 is 2.11 bits per heavy atom. The minimum atomic E-state index is -0.682. The molecule has 6 aromatic rings. The number of anilines is 2. The van der Waals surface area contributed by atoms with Gasteiger partial charge in [0.2, 0.25) is 5.91 Å². The van der Waals surface area contributed by atoms with Crippen LogP contribution in [0.3, 0.4) is 0 Å². The van der Waals surface area contributed by atoms with Crippen LogP contribution in [0.2, 0.25) is 0 Å². The summed E-state index contributed by atoms with van der Waals surface area (Å²) in [5, 5.41) is 20.0. The number of carbonyl (C=O) groups is 3. The van der Waals surface area contributed by atoms with Crippen LogP contribution in [0.15, 0.2) is 144 Å². The van der Waals surface area contributed by atoms with Crippen LogP contribution in [0.5, 0.6) is 0 Å². The van der Waals surface area contributed by atoms with Crippen LogP contribution in [0.25, 0.3) is 17.3 Å². The van der Waals surface area contributed by atoms with Crippen molar-refractivity contribution >= 4 is 63.4 Å². The fraction of sp³-hybridized carbons (Fsp3) is 0.0732. The van der Waals surface area contributed by atoms with Gasteiger partial charge in [-0.15, -0.1) is 23.1 Å². The zero-order valence-electron chi connectivity index (χ0n) is 28.6. The standard InChI is InChI=1S/C41H33N5O5S2/c1-26-17-19-28(20-18-26)36-27(2)52-41(44-36)45-40(49)37(29-11-5-3-6-12-29)53-33-23-21-32(22-24-33)42-39(48)34(43-38(47)30-13-7-4-8-14-30)25-31-15-9-10-16-35(31)46(50)51/h3-25,37H,1-2H3,(H,42,48)(H,43,47)(H,44,45,49)/b34-25-. The van der Waals surface area contributed by atoms with Crippen LogP contribution < -0.4 is 16.0 Å². The van der Waals surface area contributed by atoms with Gasteiger partial charge in [0.1, 0.15) is 10.9 Å². The first kappa shape index (κ1) is 36.4. The van der Waals surface area contributed by atoms with E-state index in [1.807, 2.05) is 68.4 Å². The maximum Gasteiger partial charge on any atom is 0.276 e. The average molecular weight is 740 g/mol. The molecule has 10 nitrogen and oxygen atoms in total. The molecule has 3 N–H and O–H groups in total. The number of nitro groups is 1. The normalized spacial score (nSPS) is 11.7. The number of rotatable bonds is 12. The number of nitro benzene ring substituents is 1. The maximum absolute atomic E-state index is 13.8. The van der Waals surface area contributed by atoms with Crippen molar-refractivity contribution < 1.29 is 19.3 Å². The monoisotopic (exact) mass is 739 g/mol. The van der Waals surface area contributed by atoms with Crippen molar-refractivity contribution in [1.29, 1.82) is 0 Å².